The quantitative estimate of drug-likeness (QED) is 0.815. The fourth-order valence-electron chi connectivity index (χ4n) is 2.78. The lowest BCUT2D eigenvalue weighted by Crippen LogP contribution is -2.37. The molecule has 0 aliphatic carbocycles. The highest BCUT2D eigenvalue weighted by Gasteiger charge is 2.35. The molecule has 0 aromatic heterocycles. The Hall–Kier alpha value is -2.56. The number of benzene rings is 2. The van der Waals surface area contributed by atoms with Gasteiger partial charge in [-0.3, -0.25) is 14.5 Å². The highest BCUT2D eigenvalue weighted by atomic mass is 16.5. The number of rotatable bonds is 4. The zero-order valence-electron chi connectivity index (χ0n) is 12.8. The summed E-state index contributed by atoms with van der Waals surface area (Å²) < 4.78 is 11.2. The van der Waals surface area contributed by atoms with E-state index in [2.05, 4.69) is 0 Å². The van der Waals surface area contributed by atoms with Crippen molar-refractivity contribution in [1.82, 2.24) is 4.90 Å². The Labute approximate surface area is 128 Å². The average Bonchev–Trinajstić information content (AvgIpc) is 2.52. The van der Waals surface area contributed by atoms with E-state index < -0.39 is 0 Å². The van der Waals surface area contributed by atoms with Gasteiger partial charge in [-0.2, -0.15) is 0 Å². The average molecular weight is 299 g/mol. The molecule has 3 rings (SSSR count). The van der Waals surface area contributed by atoms with Crippen LogP contribution < -0.4 is 9.47 Å². The second-order valence-electron chi connectivity index (χ2n) is 5.01. The van der Waals surface area contributed by atoms with Crippen molar-refractivity contribution < 1.29 is 19.1 Å². The fraction of sp³-hybridized carbons (Fsp3) is 0.294. The zero-order valence-corrected chi connectivity index (χ0v) is 12.8. The number of nitrogens with zero attached hydrogens (tertiary/aromatic N) is 1. The highest BCUT2D eigenvalue weighted by molar-refractivity contribution is 6.27. The first-order valence-electron chi connectivity index (χ1n) is 7.27. The molecular formula is C17H17NO4. The zero-order chi connectivity index (χ0) is 15.9. The molecule has 0 radical (unpaired) electrons. The Morgan fingerprint density at radius 3 is 1.73 bits per heavy atom. The van der Waals surface area contributed by atoms with E-state index in [1.165, 1.54) is 7.05 Å². The van der Waals surface area contributed by atoms with Crippen molar-refractivity contribution in [3.63, 3.8) is 0 Å². The molecule has 2 aromatic carbocycles. The van der Waals surface area contributed by atoms with Gasteiger partial charge in [0, 0.05) is 12.4 Å². The Balaban J connectivity index is 2.42. The predicted molar refractivity (Wildman–Crippen MR) is 82.7 cm³/mol. The molecule has 0 fully saturated rings. The van der Waals surface area contributed by atoms with E-state index in [1.807, 2.05) is 26.0 Å². The first kappa shape index (κ1) is 14.4. The molecule has 0 atom stereocenters. The van der Waals surface area contributed by atoms with E-state index in [1.54, 1.807) is 12.1 Å². The lowest BCUT2D eigenvalue weighted by molar-refractivity contribution is 0.0646. The summed E-state index contributed by atoms with van der Waals surface area (Å²) in [6, 6.07) is 7.25. The minimum Gasteiger partial charge on any atom is -0.493 e. The molecule has 0 saturated carbocycles. The normalized spacial score (nSPS) is 13.7. The van der Waals surface area contributed by atoms with Gasteiger partial charge in [-0.05, 0) is 31.4 Å². The number of imide groups is 1. The molecule has 2 amide bonds. The summed E-state index contributed by atoms with van der Waals surface area (Å²) >= 11 is 0. The van der Waals surface area contributed by atoms with Crippen LogP contribution in [0.1, 0.15) is 34.6 Å². The van der Waals surface area contributed by atoms with Crippen LogP contribution in [-0.2, 0) is 0 Å². The molecule has 1 aliphatic heterocycles. The van der Waals surface area contributed by atoms with Gasteiger partial charge >= 0.3 is 0 Å². The highest BCUT2D eigenvalue weighted by Crippen LogP contribution is 2.39. The Morgan fingerprint density at radius 2 is 1.32 bits per heavy atom. The lowest BCUT2D eigenvalue weighted by atomic mass is 9.93. The van der Waals surface area contributed by atoms with E-state index in [0.29, 0.717) is 41.2 Å². The van der Waals surface area contributed by atoms with E-state index >= 15 is 0 Å². The molecule has 0 saturated heterocycles. The van der Waals surface area contributed by atoms with E-state index in [4.69, 9.17) is 9.47 Å². The molecule has 0 bridgehead atoms. The van der Waals surface area contributed by atoms with E-state index in [9.17, 15) is 9.59 Å². The molecule has 0 unspecified atom stereocenters. The van der Waals surface area contributed by atoms with Gasteiger partial charge in [0.25, 0.3) is 11.8 Å². The number of hydrogen-bond donors (Lipinski definition) is 0. The van der Waals surface area contributed by atoms with E-state index in [-0.39, 0.29) is 11.8 Å². The molecule has 5 nitrogen and oxygen atoms in total. The van der Waals surface area contributed by atoms with Crippen LogP contribution in [0.5, 0.6) is 11.5 Å². The third kappa shape index (κ3) is 1.93. The van der Waals surface area contributed by atoms with Gasteiger partial charge in [0.05, 0.1) is 24.3 Å². The number of ether oxygens (including phenoxy) is 2. The van der Waals surface area contributed by atoms with Gasteiger partial charge in [0.1, 0.15) is 11.5 Å². The van der Waals surface area contributed by atoms with Gasteiger partial charge < -0.3 is 9.47 Å². The van der Waals surface area contributed by atoms with Crippen LogP contribution in [0.25, 0.3) is 10.8 Å². The van der Waals surface area contributed by atoms with Crippen LogP contribution in [0.4, 0.5) is 0 Å². The molecule has 0 spiro atoms. The Morgan fingerprint density at radius 1 is 0.864 bits per heavy atom. The molecule has 2 aromatic rings. The SMILES string of the molecule is CCOc1ccc2ccc(OCC)c3c2c1C(=O)N(C)C3=O. The first-order valence-corrected chi connectivity index (χ1v) is 7.27. The summed E-state index contributed by atoms with van der Waals surface area (Å²) in [5.74, 6) is 0.295. The topological polar surface area (TPSA) is 55.8 Å². The third-order valence-corrected chi connectivity index (χ3v) is 3.75. The monoisotopic (exact) mass is 299 g/mol. The number of carbonyl (C=O) groups excluding carboxylic acids is 2. The molecule has 22 heavy (non-hydrogen) atoms. The summed E-state index contributed by atoms with van der Waals surface area (Å²) in [5, 5.41) is 1.44. The summed E-state index contributed by atoms with van der Waals surface area (Å²) in [4.78, 5) is 26.2. The van der Waals surface area contributed by atoms with Crippen molar-refractivity contribution >= 4 is 22.6 Å². The lowest BCUT2D eigenvalue weighted by Gasteiger charge is -2.26. The standard InChI is InChI=1S/C17H17NO4/c1-4-21-11-8-6-10-7-9-12(22-5-2)15-13(10)14(11)16(19)18(3)17(15)20/h6-9H,4-5H2,1-3H3. The Kier molecular flexibility index (Phi) is 3.48. The van der Waals surface area contributed by atoms with Crippen LogP contribution >= 0.6 is 0 Å². The predicted octanol–water partition coefficient (Wildman–Crippen LogP) is 2.86. The number of amides is 2. The largest absolute Gasteiger partial charge is 0.493 e. The maximum absolute atomic E-state index is 12.6. The van der Waals surface area contributed by atoms with Gasteiger partial charge in [-0.25, -0.2) is 0 Å². The van der Waals surface area contributed by atoms with Crippen LogP contribution in [0.15, 0.2) is 24.3 Å². The summed E-state index contributed by atoms with van der Waals surface area (Å²) in [6.45, 7) is 4.61. The number of carbonyl (C=O) groups is 2. The van der Waals surface area contributed by atoms with Crippen LogP contribution in [0, 0.1) is 0 Å². The fourth-order valence-corrected chi connectivity index (χ4v) is 2.78. The van der Waals surface area contributed by atoms with Crippen molar-refractivity contribution in [3.8, 4) is 11.5 Å². The van der Waals surface area contributed by atoms with Crippen molar-refractivity contribution in [2.75, 3.05) is 20.3 Å². The number of hydrogen-bond acceptors (Lipinski definition) is 4. The van der Waals surface area contributed by atoms with Crippen molar-refractivity contribution in [3.05, 3.63) is 35.4 Å². The van der Waals surface area contributed by atoms with Crippen molar-refractivity contribution in [2.24, 2.45) is 0 Å². The first-order chi connectivity index (χ1) is 10.6. The van der Waals surface area contributed by atoms with Crippen molar-refractivity contribution in [2.45, 2.75) is 13.8 Å². The maximum atomic E-state index is 12.6. The van der Waals surface area contributed by atoms with Crippen LogP contribution in [-0.4, -0.2) is 37.0 Å². The third-order valence-electron chi connectivity index (χ3n) is 3.75. The minimum absolute atomic E-state index is 0.347. The summed E-state index contributed by atoms with van der Waals surface area (Å²) in [6.07, 6.45) is 0. The van der Waals surface area contributed by atoms with Gasteiger partial charge in [-0.1, -0.05) is 12.1 Å². The van der Waals surface area contributed by atoms with Gasteiger partial charge in [0.2, 0.25) is 0 Å². The molecule has 1 heterocycles. The van der Waals surface area contributed by atoms with E-state index in [0.717, 1.165) is 10.3 Å². The molecule has 0 N–H and O–H groups in total. The second-order valence-corrected chi connectivity index (χ2v) is 5.01. The van der Waals surface area contributed by atoms with Gasteiger partial charge in [-0.15, -0.1) is 0 Å². The summed E-state index contributed by atoms with van der Waals surface area (Å²) in [5.41, 5.74) is 0.857. The van der Waals surface area contributed by atoms with Crippen LogP contribution in [0.2, 0.25) is 0 Å². The Bertz CT molecular complexity index is 721. The molecular weight excluding hydrogens is 282 g/mol. The van der Waals surface area contributed by atoms with Crippen molar-refractivity contribution in [1.29, 1.82) is 0 Å². The van der Waals surface area contributed by atoms with Gasteiger partial charge in [0.15, 0.2) is 0 Å². The smallest absolute Gasteiger partial charge is 0.264 e. The maximum Gasteiger partial charge on any atom is 0.264 e. The molecule has 5 heteroatoms. The van der Waals surface area contributed by atoms with Crippen LogP contribution in [0.3, 0.4) is 0 Å². The molecule has 1 aliphatic rings. The summed E-state index contributed by atoms with van der Waals surface area (Å²) in [7, 11) is 1.48. The minimum atomic E-state index is -0.347. The molecule has 114 valence electrons. The second kappa shape index (κ2) is 5.33.